The largest absolute Gasteiger partial charge is 0.379 e. The Labute approximate surface area is 141 Å². The summed E-state index contributed by atoms with van der Waals surface area (Å²) in [6.45, 7) is 6.49. The molecule has 2 heterocycles. The van der Waals surface area contributed by atoms with Gasteiger partial charge in [-0.15, -0.1) is 36.2 Å². The van der Waals surface area contributed by atoms with Gasteiger partial charge in [0.05, 0.1) is 13.2 Å². The number of morpholine rings is 1. The molecule has 122 valence electrons. The summed E-state index contributed by atoms with van der Waals surface area (Å²) in [6, 6.07) is 0.306. The van der Waals surface area contributed by atoms with E-state index in [1.807, 2.05) is 0 Å². The normalized spacial score (nSPS) is 16.5. The van der Waals surface area contributed by atoms with Gasteiger partial charge in [-0.3, -0.25) is 9.69 Å². The van der Waals surface area contributed by atoms with E-state index in [0.29, 0.717) is 24.8 Å². The number of hydrogen-bond donors (Lipinski definition) is 2. The van der Waals surface area contributed by atoms with Gasteiger partial charge in [0.25, 0.3) is 5.91 Å². The van der Waals surface area contributed by atoms with Crippen LogP contribution in [0.4, 0.5) is 0 Å². The number of carbonyl (C=O) groups is 1. The van der Waals surface area contributed by atoms with Crippen LogP contribution in [0.2, 0.25) is 0 Å². The third-order valence-corrected chi connectivity index (χ3v) is 4.06. The zero-order valence-corrected chi connectivity index (χ0v) is 14.4. The first-order chi connectivity index (χ1) is 9.20. The fraction of sp³-hybridized carbons (Fsp3) is 0.667. The number of nitrogens with two attached hydrogens (primary N) is 1. The number of halogens is 2. The molecular weight excluding hydrogens is 335 g/mol. The second-order valence-electron chi connectivity index (χ2n) is 4.54. The molecule has 1 amide bonds. The highest BCUT2D eigenvalue weighted by Gasteiger charge is 2.18. The lowest BCUT2D eigenvalue weighted by Gasteiger charge is -2.32. The van der Waals surface area contributed by atoms with E-state index < -0.39 is 0 Å². The lowest BCUT2D eigenvalue weighted by Crippen LogP contribution is -2.47. The first kappa shape index (κ1) is 20.6. The summed E-state index contributed by atoms with van der Waals surface area (Å²) in [7, 11) is 0. The second kappa shape index (κ2) is 10.3. The van der Waals surface area contributed by atoms with E-state index in [2.05, 4.69) is 22.1 Å². The summed E-state index contributed by atoms with van der Waals surface area (Å²) < 4.78 is 5.31. The minimum absolute atomic E-state index is 0. The van der Waals surface area contributed by atoms with Gasteiger partial charge in [0.15, 0.2) is 0 Å². The number of hydrogen-bond acceptors (Lipinski definition) is 6. The van der Waals surface area contributed by atoms with Crippen molar-refractivity contribution in [3.63, 3.8) is 0 Å². The van der Waals surface area contributed by atoms with Crippen molar-refractivity contribution in [3.05, 3.63) is 16.1 Å². The number of nitrogens with one attached hydrogen (secondary N) is 1. The van der Waals surface area contributed by atoms with Gasteiger partial charge in [0.2, 0.25) is 0 Å². The Hall–Kier alpha value is -0.440. The molecule has 0 spiro atoms. The summed E-state index contributed by atoms with van der Waals surface area (Å²) in [4.78, 5) is 18.4. The molecule has 0 bridgehead atoms. The maximum Gasteiger partial charge on any atom is 0.270 e. The monoisotopic (exact) mass is 356 g/mol. The SMILES string of the molecule is CC(CNC(=O)c1csc(CN)n1)N1CCOCC1.Cl.Cl. The first-order valence-electron chi connectivity index (χ1n) is 6.45. The summed E-state index contributed by atoms with van der Waals surface area (Å²) in [5, 5.41) is 5.45. The van der Waals surface area contributed by atoms with E-state index in [-0.39, 0.29) is 30.7 Å². The lowest BCUT2D eigenvalue weighted by atomic mass is 10.2. The third-order valence-electron chi connectivity index (χ3n) is 3.19. The molecular formula is C12H22Cl2N4O2S. The Balaban J connectivity index is 0.00000200. The number of aromatic nitrogens is 1. The number of ether oxygens (including phenoxy) is 1. The topological polar surface area (TPSA) is 80.5 Å². The fourth-order valence-corrected chi connectivity index (χ4v) is 2.64. The Kier molecular flexibility index (Phi) is 10.1. The van der Waals surface area contributed by atoms with Crippen LogP contribution >= 0.6 is 36.2 Å². The molecule has 6 nitrogen and oxygen atoms in total. The van der Waals surface area contributed by atoms with E-state index in [1.165, 1.54) is 11.3 Å². The second-order valence-corrected chi connectivity index (χ2v) is 5.48. The Morgan fingerprint density at radius 2 is 2.19 bits per heavy atom. The van der Waals surface area contributed by atoms with Crippen LogP contribution in [-0.2, 0) is 11.3 Å². The number of carbonyl (C=O) groups excluding carboxylic acids is 1. The molecule has 1 aromatic rings. The predicted molar refractivity (Wildman–Crippen MR) is 88.7 cm³/mol. The smallest absolute Gasteiger partial charge is 0.270 e. The molecule has 2 rings (SSSR count). The van der Waals surface area contributed by atoms with Gasteiger partial charge in [0, 0.05) is 37.6 Å². The van der Waals surface area contributed by atoms with Crippen LogP contribution in [0.5, 0.6) is 0 Å². The quantitative estimate of drug-likeness (QED) is 0.818. The molecule has 1 unspecified atom stereocenters. The molecule has 1 aromatic heterocycles. The molecule has 1 aliphatic rings. The van der Waals surface area contributed by atoms with Crippen molar-refractivity contribution in [3.8, 4) is 0 Å². The van der Waals surface area contributed by atoms with Gasteiger partial charge in [-0.2, -0.15) is 0 Å². The van der Waals surface area contributed by atoms with Gasteiger partial charge >= 0.3 is 0 Å². The maximum atomic E-state index is 11.9. The van der Waals surface area contributed by atoms with Crippen molar-refractivity contribution in [2.24, 2.45) is 5.73 Å². The van der Waals surface area contributed by atoms with E-state index in [4.69, 9.17) is 10.5 Å². The molecule has 0 saturated carbocycles. The van der Waals surface area contributed by atoms with Gasteiger partial charge in [-0.25, -0.2) is 4.98 Å². The van der Waals surface area contributed by atoms with Gasteiger partial charge in [-0.05, 0) is 6.92 Å². The first-order valence-corrected chi connectivity index (χ1v) is 7.33. The number of nitrogens with zero attached hydrogens (tertiary/aromatic N) is 2. The van der Waals surface area contributed by atoms with Gasteiger partial charge < -0.3 is 15.8 Å². The molecule has 1 saturated heterocycles. The van der Waals surface area contributed by atoms with Crippen LogP contribution in [0, 0.1) is 0 Å². The predicted octanol–water partition coefficient (Wildman–Crippen LogP) is 0.896. The highest BCUT2D eigenvalue weighted by molar-refractivity contribution is 7.09. The van der Waals surface area contributed by atoms with Crippen LogP contribution in [0.3, 0.4) is 0 Å². The minimum Gasteiger partial charge on any atom is -0.379 e. The van der Waals surface area contributed by atoms with Crippen molar-refractivity contribution in [2.75, 3.05) is 32.8 Å². The number of amides is 1. The van der Waals surface area contributed by atoms with Gasteiger partial charge in [0.1, 0.15) is 10.7 Å². The number of rotatable bonds is 5. The van der Waals surface area contributed by atoms with Crippen LogP contribution in [0.1, 0.15) is 22.4 Å². The molecule has 9 heteroatoms. The van der Waals surface area contributed by atoms with E-state index in [9.17, 15) is 4.79 Å². The van der Waals surface area contributed by atoms with E-state index in [1.54, 1.807) is 5.38 Å². The summed E-state index contributed by atoms with van der Waals surface area (Å²) >= 11 is 1.42. The van der Waals surface area contributed by atoms with Crippen LogP contribution in [0.25, 0.3) is 0 Å². The van der Waals surface area contributed by atoms with Crippen LogP contribution in [0.15, 0.2) is 5.38 Å². The maximum absolute atomic E-state index is 11.9. The Morgan fingerprint density at radius 3 is 2.76 bits per heavy atom. The van der Waals surface area contributed by atoms with Crippen molar-refractivity contribution >= 4 is 42.1 Å². The number of thiazole rings is 1. The highest BCUT2D eigenvalue weighted by Crippen LogP contribution is 2.09. The van der Waals surface area contributed by atoms with Crippen LogP contribution < -0.4 is 11.1 Å². The van der Waals surface area contributed by atoms with Crippen molar-refractivity contribution in [2.45, 2.75) is 19.5 Å². The molecule has 1 atom stereocenters. The molecule has 1 aliphatic heterocycles. The summed E-state index contributed by atoms with van der Waals surface area (Å²) in [5.41, 5.74) is 5.94. The molecule has 0 aromatic carbocycles. The summed E-state index contributed by atoms with van der Waals surface area (Å²) in [6.07, 6.45) is 0. The zero-order valence-electron chi connectivity index (χ0n) is 11.9. The summed E-state index contributed by atoms with van der Waals surface area (Å²) in [5.74, 6) is -0.129. The van der Waals surface area contributed by atoms with Gasteiger partial charge in [-0.1, -0.05) is 0 Å². The average Bonchev–Trinajstić information content (AvgIpc) is 2.94. The zero-order chi connectivity index (χ0) is 13.7. The third kappa shape index (κ3) is 6.06. The lowest BCUT2D eigenvalue weighted by molar-refractivity contribution is 0.0204. The van der Waals surface area contributed by atoms with Crippen molar-refractivity contribution in [1.82, 2.24) is 15.2 Å². The molecule has 3 N–H and O–H groups in total. The van der Waals surface area contributed by atoms with Crippen molar-refractivity contribution in [1.29, 1.82) is 0 Å². The van der Waals surface area contributed by atoms with Crippen LogP contribution in [-0.4, -0.2) is 54.7 Å². The average molecular weight is 357 g/mol. The Morgan fingerprint density at radius 1 is 1.52 bits per heavy atom. The Bertz CT molecular complexity index is 427. The highest BCUT2D eigenvalue weighted by atomic mass is 35.5. The molecule has 0 aliphatic carbocycles. The molecule has 21 heavy (non-hydrogen) atoms. The minimum atomic E-state index is -0.129. The molecule has 1 fully saturated rings. The fourth-order valence-electron chi connectivity index (χ4n) is 1.99. The molecule has 0 radical (unpaired) electrons. The standard InChI is InChI=1S/C12H20N4O2S.2ClH/c1-9(16-2-4-18-5-3-16)7-14-12(17)10-8-19-11(6-13)15-10;;/h8-9H,2-7,13H2,1H3,(H,14,17);2*1H. The van der Waals surface area contributed by atoms with E-state index in [0.717, 1.165) is 31.3 Å². The van der Waals surface area contributed by atoms with E-state index >= 15 is 0 Å². The van der Waals surface area contributed by atoms with Crippen molar-refractivity contribution < 1.29 is 9.53 Å².